The summed E-state index contributed by atoms with van der Waals surface area (Å²) < 4.78 is 16.8. The predicted molar refractivity (Wildman–Crippen MR) is 284 cm³/mol. The summed E-state index contributed by atoms with van der Waals surface area (Å²) in [5.74, 6) is -0.932. The van der Waals surface area contributed by atoms with Crippen LogP contribution in [0, 0.1) is 0 Å². The van der Waals surface area contributed by atoms with E-state index in [0.29, 0.717) is 19.3 Å². The van der Waals surface area contributed by atoms with Gasteiger partial charge >= 0.3 is 17.9 Å². The highest BCUT2D eigenvalue weighted by molar-refractivity contribution is 5.71. The molecule has 384 valence electrons. The largest absolute Gasteiger partial charge is 0.462 e. The Kier molecular flexibility index (Phi) is 52.8. The Morgan fingerprint density at radius 3 is 0.894 bits per heavy atom. The van der Waals surface area contributed by atoms with Crippen molar-refractivity contribution in [1.82, 2.24) is 0 Å². The van der Waals surface area contributed by atoms with Gasteiger partial charge in [0.05, 0.1) is 0 Å². The molecule has 66 heavy (non-hydrogen) atoms. The van der Waals surface area contributed by atoms with E-state index in [1.54, 1.807) is 0 Å². The molecule has 0 spiro atoms. The van der Waals surface area contributed by atoms with Gasteiger partial charge in [0.25, 0.3) is 0 Å². The van der Waals surface area contributed by atoms with Crippen LogP contribution >= 0.6 is 0 Å². The first kappa shape index (κ1) is 63.4. The van der Waals surface area contributed by atoms with E-state index in [0.717, 1.165) is 64.2 Å². The minimum absolute atomic E-state index is 0.0905. The van der Waals surface area contributed by atoms with Crippen LogP contribution in [0.5, 0.6) is 0 Å². The number of unbranched alkanes of at least 4 members (excludes halogenated alkanes) is 33. The van der Waals surface area contributed by atoms with E-state index >= 15 is 0 Å². The fourth-order valence-corrected chi connectivity index (χ4v) is 8.26. The Morgan fingerprint density at radius 1 is 0.303 bits per heavy atom. The highest BCUT2D eigenvalue weighted by Gasteiger charge is 2.19. The van der Waals surface area contributed by atoms with Crippen molar-refractivity contribution in [1.29, 1.82) is 0 Å². The average Bonchev–Trinajstić information content (AvgIpc) is 3.31. The first-order chi connectivity index (χ1) is 32.5. The summed E-state index contributed by atoms with van der Waals surface area (Å²) in [4.78, 5) is 38.1. The summed E-state index contributed by atoms with van der Waals surface area (Å²) in [7, 11) is 0. The molecule has 0 radical (unpaired) electrons. The molecule has 0 aromatic heterocycles. The summed E-state index contributed by atoms with van der Waals surface area (Å²) in [6.45, 7) is 6.60. The van der Waals surface area contributed by atoms with Crippen molar-refractivity contribution in [3.63, 3.8) is 0 Å². The zero-order valence-corrected chi connectivity index (χ0v) is 44.0. The minimum Gasteiger partial charge on any atom is -0.462 e. The van der Waals surface area contributed by atoms with Crippen LogP contribution in [0.2, 0.25) is 0 Å². The molecule has 1 unspecified atom stereocenters. The maximum Gasteiger partial charge on any atom is 0.306 e. The van der Waals surface area contributed by atoms with E-state index in [9.17, 15) is 14.4 Å². The van der Waals surface area contributed by atoms with Crippen LogP contribution in [-0.2, 0) is 28.6 Å². The van der Waals surface area contributed by atoms with Crippen molar-refractivity contribution in [2.45, 2.75) is 303 Å². The summed E-state index contributed by atoms with van der Waals surface area (Å²) in [6, 6.07) is 0. The lowest BCUT2D eigenvalue weighted by Crippen LogP contribution is -2.30. The molecule has 0 aliphatic carbocycles. The van der Waals surface area contributed by atoms with Crippen LogP contribution in [0.15, 0.2) is 48.6 Å². The summed E-state index contributed by atoms with van der Waals surface area (Å²) in [5, 5.41) is 0. The standard InChI is InChI=1S/C60H108O6/c1-4-7-10-13-16-19-22-25-27-29-30-32-33-35-38-41-44-47-50-53-59(62)65-56-57(55-64-58(61)52-49-46-43-40-37-24-21-18-15-12-9-6-3)66-60(63)54-51-48-45-42-39-36-34-31-28-26-23-20-17-14-11-8-5-2/h17,20,26,28,34,36,42,45,57H,4-16,18-19,21-25,27,29-33,35,37-41,43-44,46-56H2,1-3H3/b20-17-,28-26-,36-34-,45-42-. The number of esters is 3. The van der Waals surface area contributed by atoms with E-state index in [-0.39, 0.29) is 37.5 Å². The molecular formula is C60H108O6. The lowest BCUT2D eigenvalue weighted by Gasteiger charge is -2.18. The third-order valence-corrected chi connectivity index (χ3v) is 12.6. The van der Waals surface area contributed by atoms with Gasteiger partial charge in [-0.25, -0.2) is 0 Å². The zero-order chi connectivity index (χ0) is 47.9. The molecule has 0 saturated heterocycles. The Labute approximate surface area is 409 Å². The van der Waals surface area contributed by atoms with Gasteiger partial charge in [0.1, 0.15) is 13.2 Å². The fraction of sp³-hybridized carbons (Fsp3) is 0.817. The van der Waals surface area contributed by atoms with Gasteiger partial charge in [-0.2, -0.15) is 0 Å². The van der Waals surface area contributed by atoms with Crippen molar-refractivity contribution in [3.05, 3.63) is 48.6 Å². The van der Waals surface area contributed by atoms with Gasteiger partial charge in [-0.05, 0) is 57.8 Å². The van der Waals surface area contributed by atoms with Gasteiger partial charge in [-0.15, -0.1) is 0 Å². The number of carbonyl (C=O) groups is 3. The van der Waals surface area contributed by atoms with Gasteiger partial charge in [0.2, 0.25) is 0 Å². The van der Waals surface area contributed by atoms with E-state index in [1.807, 2.05) is 0 Å². The Morgan fingerprint density at radius 2 is 0.561 bits per heavy atom. The Hall–Kier alpha value is -2.63. The molecule has 0 fully saturated rings. The molecule has 0 bridgehead atoms. The lowest BCUT2D eigenvalue weighted by atomic mass is 10.0. The van der Waals surface area contributed by atoms with Crippen molar-refractivity contribution >= 4 is 17.9 Å². The number of ether oxygens (including phenoxy) is 3. The molecule has 0 rings (SSSR count). The van der Waals surface area contributed by atoms with E-state index in [4.69, 9.17) is 14.2 Å². The molecular weight excluding hydrogens is 817 g/mol. The average molecular weight is 926 g/mol. The second-order valence-corrected chi connectivity index (χ2v) is 19.2. The topological polar surface area (TPSA) is 78.9 Å². The Bertz CT molecular complexity index is 1150. The summed E-state index contributed by atoms with van der Waals surface area (Å²) >= 11 is 0. The lowest BCUT2D eigenvalue weighted by molar-refractivity contribution is -0.167. The Balaban J connectivity index is 4.39. The van der Waals surface area contributed by atoms with Crippen LogP contribution in [0.25, 0.3) is 0 Å². The number of rotatable bonds is 52. The van der Waals surface area contributed by atoms with Gasteiger partial charge in [-0.1, -0.05) is 268 Å². The number of hydrogen-bond acceptors (Lipinski definition) is 6. The second kappa shape index (κ2) is 55.0. The van der Waals surface area contributed by atoms with E-state index in [1.165, 1.54) is 186 Å². The molecule has 0 amide bonds. The SMILES string of the molecule is CCCCC/C=C\C/C=C\C/C=C\C/C=C\CCCC(=O)OC(COC(=O)CCCCCCCCCCCCCC)COC(=O)CCCCCCCCCCCCCCCCCCCCC. The van der Waals surface area contributed by atoms with E-state index in [2.05, 4.69) is 69.4 Å². The molecule has 0 N–H and O–H groups in total. The summed E-state index contributed by atoms with van der Waals surface area (Å²) in [6.07, 6.45) is 66.8. The van der Waals surface area contributed by atoms with Gasteiger partial charge in [0.15, 0.2) is 6.10 Å². The first-order valence-corrected chi connectivity index (χ1v) is 28.6. The van der Waals surface area contributed by atoms with Gasteiger partial charge in [0, 0.05) is 19.3 Å². The van der Waals surface area contributed by atoms with Crippen LogP contribution < -0.4 is 0 Å². The monoisotopic (exact) mass is 925 g/mol. The van der Waals surface area contributed by atoms with Gasteiger partial charge in [-0.3, -0.25) is 14.4 Å². The second-order valence-electron chi connectivity index (χ2n) is 19.2. The van der Waals surface area contributed by atoms with Crippen molar-refractivity contribution in [2.75, 3.05) is 13.2 Å². The predicted octanol–water partition coefficient (Wildman–Crippen LogP) is 19.0. The van der Waals surface area contributed by atoms with Crippen molar-refractivity contribution < 1.29 is 28.6 Å². The van der Waals surface area contributed by atoms with Gasteiger partial charge < -0.3 is 14.2 Å². The maximum absolute atomic E-state index is 12.8. The van der Waals surface area contributed by atoms with Crippen LogP contribution in [0.3, 0.4) is 0 Å². The van der Waals surface area contributed by atoms with Crippen molar-refractivity contribution in [2.24, 2.45) is 0 Å². The molecule has 0 aromatic carbocycles. The molecule has 0 aromatic rings. The molecule has 0 heterocycles. The quantitative estimate of drug-likeness (QED) is 0.0262. The molecule has 0 aliphatic rings. The minimum atomic E-state index is -0.797. The zero-order valence-electron chi connectivity index (χ0n) is 44.0. The third kappa shape index (κ3) is 52.3. The molecule has 1 atom stereocenters. The first-order valence-electron chi connectivity index (χ1n) is 28.6. The van der Waals surface area contributed by atoms with Crippen LogP contribution in [-0.4, -0.2) is 37.2 Å². The highest BCUT2D eigenvalue weighted by Crippen LogP contribution is 2.16. The molecule has 0 aliphatic heterocycles. The number of hydrogen-bond donors (Lipinski definition) is 0. The third-order valence-electron chi connectivity index (χ3n) is 12.6. The molecule has 6 nitrogen and oxygen atoms in total. The van der Waals surface area contributed by atoms with Crippen LogP contribution in [0.1, 0.15) is 297 Å². The smallest absolute Gasteiger partial charge is 0.306 e. The molecule has 0 saturated carbocycles. The number of allylic oxidation sites excluding steroid dienone is 8. The number of carbonyl (C=O) groups excluding carboxylic acids is 3. The van der Waals surface area contributed by atoms with E-state index < -0.39 is 6.10 Å². The van der Waals surface area contributed by atoms with Crippen molar-refractivity contribution in [3.8, 4) is 0 Å². The summed E-state index contributed by atoms with van der Waals surface area (Å²) in [5.41, 5.74) is 0. The highest BCUT2D eigenvalue weighted by atomic mass is 16.6. The fourth-order valence-electron chi connectivity index (χ4n) is 8.26. The molecule has 6 heteroatoms. The maximum atomic E-state index is 12.8. The van der Waals surface area contributed by atoms with Crippen LogP contribution in [0.4, 0.5) is 0 Å². The normalized spacial score (nSPS) is 12.3.